The van der Waals surface area contributed by atoms with Gasteiger partial charge in [0.1, 0.15) is 0 Å². The molecule has 5 nitrogen and oxygen atoms in total. The van der Waals surface area contributed by atoms with Crippen molar-refractivity contribution in [2.45, 2.75) is 18.9 Å². The molecule has 1 aliphatic heterocycles. The molecule has 1 fully saturated rings. The molecule has 0 saturated carbocycles. The van der Waals surface area contributed by atoms with Crippen LogP contribution in [0.5, 0.6) is 0 Å². The molecule has 0 aliphatic carbocycles. The largest absolute Gasteiger partial charge is 0.452 e. The fraction of sp³-hybridized carbons (Fsp3) is 0.238. The van der Waals surface area contributed by atoms with Crippen molar-refractivity contribution < 1.29 is 14.3 Å². The summed E-state index contributed by atoms with van der Waals surface area (Å²) in [7, 11) is 0. The molecule has 0 unspecified atom stereocenters. The zero-order valence-corrected chi connectivity index (χ0v) is 16.5. The predicted octanol–water partition coefficient (Wildman–Crippen LogP) is 5.00. The average molecular weight is 417 g/mol. The molecular weight excluding hydrogens is 399 g/mol. The van der Waals surface area contributed by atoms with Gasteiger partial charge in [0.05, 0.1) is 21.7 Å². The molecule has 1 atom stereocenters. The number of carbonyl (C=O) groups excluding carboxylic acids is 2. The van der Waals surface area contributed by atoms with Gasteiger partial charge in [-0.25, -0.2) is 4.79 Å². The lowest BCUT2D eigenvalue weighted by Gasteiger charge is -2.25. The van der Waals surface area contributed by atoms with Gasteiger partial charge in [-0.15, -0.1) is 0 Å². The van der Waals surface area contributed by atoms with Crippen molar-refractivity contribution in [1.29, 1.82) is 0 Å². The molecule has 144 valence electrons. The van der Waals surface area contributed by atoms with Crippen LogP contribution in [0.25, 0.3) is 10.9 Å². The number of benzene rings is 2. The molecule has 4 rings (SSSR count). The van der Waals surface area contributed by atoms with Gasteiger partial charge in [0.25, 0.3) is 5.91 Å². The lowest BCUT2D eigenvalue weighted by Crippen LogP contribution is -2.34. The Labute approximate surface area is 172 Å². The average Bonchev–Trinajstić information content (AvgIpc) is 3.36. The van der Waals surface area contributed by atoms with Crippen LogP contribution >= 0.6 is 23.2 Å². The van der Waals surface area contributed by atoms with Crippen LogP contribution in [0.4, 0.5) is 0 Å². The van der Waals surface area contributed by atoms with Crippen molar-refractivity contribution in [3.63, 3.8) is 0 Å². The van der Waals surface area contributed by atoms with Crippen LogP contribution in [-0.4, -0.2) is 34.9 Å². The Bertz CT molecular complexity index is 1050. The SMILES string of the molecule is O=C(OCC(=O)N1CCC[C@@H]1c1ccc(Cl)c(Cl)c1)c1ccc2cc[nH]c2c1. The zero-order chi connectivity index (χ0) is 19.7. The fourth-order valence-electron chi connectivity index (χ4n) is 3.60. The Morgan fingerprint density at radius 3 is 2.79 bits per heavy atom. The third-order valence-corrected chi connectivity index (χ3v) is 5.76. The summed E-state index contributed by atoms with van der Waals surface area (Å²) in [5, 5.41) is 1.95. The molecule has 2 aromatic carbocycles. The van der Waals surface area contributed by atoms with E-state index in [0.29, 0.717) is 22.2 Å². The number of nitrogens with one attached hydrogen (secondary N) is 1. The Balaban J connectivity index is 1.42. The third kappa shape index (κ3) is 3.73. The van der Waals surface area contributed by atoms with E-state index in [4.69, 9.17) is 27.9 Å². The minimum atomic E-state index is -0.518. The Kier molecular flexibility index (Phi) is 5.29. The molecule has 1 saturated heterocycles. The molecule has 7 heteroatoms. The third-order valence-electron chi connectivity index (χ3n) is 5.02. The number of H-pyrrole nitrogens is 1. The standard InChI is InChI=1S/C21H18Cl2N2O3/c22-16-6-5-14(10-17(16)23)19-2-1-9-25(19)20(26)12-28-21(27)15-4-3-13-7-8-24-18(13)11-15/h3-8,10-11,19,24H,1-2,9,12H2/t19-/m1/s1. The van der Waals surface area contributed by atoms with Crippen LogP contribution in [0.15, 0.2) is 48.7 Å². The number of hydrogen-bond donors (Lipinski definition) is 1. The lowest BCUT2D eigenvalue weighted by atomic mass is 10.0. The quantitative estimate of drug-likeness (QED) is 0.608. The Morgan fingerprint density at radius 1 is 1.11 bits per heavy atom. The highest BCUT2D eigenvalue weighted by Gasteiger charge is 2.30. The number of nitrogens with zero attached hydrogens (tertiary/aromatic N) is 1. The minimum Gasteiger partial charge on any atom is -0.452 e. The van der Waals surface area contributed by atoms with E-state index in [9.17, 15) is 9.59 Å². The number of rotatable bonds is 4. The number of ether oxygens (including phenoxy) is 1. The summed E-state index contributed by atoms with van der Waals surface area (Å²) < 4.78 is 5.26. The number of fused-ring (bicyclic) bond motifs is 1. The maximum absolute atomic E-state index is 12.7. The summed E-state index contributed by atoms with van der Waals surface area (Å²) in [5.41, 5.74) is 2.19. The number of aromatic amines is 1. The fourth-order valence-corrected chi connectivity index (χ4v) is 3.91. The second kappa shape index (κ2) is 7.86. The minimum absolute atomic E-state index is 0.0868. The number of esters is 1. The van der Waals surface area contributed by atoms with E-state index in [1.165, 1.54) is 0 Å². The van der Waals surface area contributed by atoms with Crippen LogP contribution in [0.2, 0.25) is 10.0 Å². The smallest absolute Gasteiger partial charge is 0.338 e. The van der Waals surface area contributed by atoms with Gasteiger partial charge in [-0.05, 0) is 54.1 Å². The molecule has 1 amide bonds. The highest BCUT2D eigenvalue weighted by atomic mass is 35.5. The topological polar surface area (TPSA) is 62.4 Å². The van der Waals surface area contributed by atoms with Crippen LogP contribution < -0.4 is 0 Å². The van der Waals surface area contributed by atoms with Gasteiger partial charge in [0.2, 0.25) is 0 Å². The second-order valence-corrected chi connectivity index (χ2v) is 7.59. The number of amides is 1. The van der Waals surface area contributed by atoms with Gasteiger partial charge in [-0.2, -0.15) is 0 Å². The number of carbonyl (C=O) groups is 2. The monoisotopic (exact) mass is 416 g/mol. The first-order chi connectivity index (χ1) is 13.5. The number of halogens is 2. The summed E-state index contributed by atoms with van der Waals surface area (Å²) in [6.45, 7) is 0.329. The number of hydrogen-bond acceptors (Lipinski definition) is 3. The van der Waals surface area contributed by atoms with Gasteiger partial charge in [-0.1, -0.05) is 35.3 Å². The van der Waals surface area contributed by atoms with E-state index in [2.05, 4.69) is 4.98 Å². The molecule has 28 heavy (non-hydrogen) atoms. The number of likely N-dealkylation sites (tertiary alicyclic amines) is 1. The molecule has 0 bridgehead atoms. The molecule has 0 radical (unpaired) electrons. The first-order valence-electron chi connectivity index (χ1n) is 9.01. The molecule has 1 aromatic heterocycles. The van der Waals surface area contributed by atoms with Gasteiger partial charge >= 0.3 is 5.97 Å². The molecule has 1 N–H and O–H groups in total. The van der Waals surface area contributed by atoms with Gasteiger partial charge in [0, 0.05) is 18.3 Å². The lowest BCUT2D eigenvalue weighted by molar-refractivity contribution is -0.135. The molecular formula is C21H18Cl2N2O3. The van der Waals surface area contributed by atoms with E-state index < -0.39 is 5.97 Å². The van der Waals surface area contributed by atoms with Crippen molar-refractivity contribution in [1.82, 2.24) is 9.88 Å². The zero-order valence-electron chi connectivity index (χ0n) is 15.0. The summed E-state index contributed by atoms with van der Waals surface area (Å²) in [4.78, 5) is 29.8. The first kappa shape index (κ1) is 18.8. The maximum Gasteiger partial charge on any atom is 0.338 e. The predicted molar refractivity (Wildman–Crippen MR) is 109 cm³/mol. The van der Waals surface area contributed by atoms with Crippen LogP contribution in [0.1, 0.15) is 34.8 Å². The van der Waals surface area contributed by atoms with Crippen LogP contribution in [-0.2, 0) is 9.53 Å². The van der Waals surface area contributed by atoms with E-state index in [0.717, 1.165) is 29.3 Å². The van der Waals surface area contributed by atoms with E-state index in [1.807, 2.05) is 18.2 Å². The molecule has 0 spiro atoms. The molecule has 3 aromatic rings. The van der Waals surface area contributed by atoms with Gasteiger partial charge < -0.3 is 14.6 Å². The van der Waals surface area contributed by atoms with Gasteiger partial charge in [-0.3, -0.25) is 4.79 Å². The molecule has 2 heterocycles. The Hall–Kier alpha value is -2.50. The van der Waals surface area contributed by atoms with Crippen LogP contribution in [0.3, 0.4) is 0 Å². The summed E-state index contributed by atoms with van der Waals surface area (Å²) in [5.74, 6) is -0.738. The van der Waals surface area contributed by atoms with E-state index in [-0.39, 0.29) is 18.6 Å². The molecule has 1 aliphatic rings. The van der Waals surface area contributed by atoms with Crippen molar-refractivity contribution in [2.24, 2.45) is 0 Å². The van der Waals surface area contributed by atoms with Crippen molar-refractivity contribution >= 4 is 46.0 Å². The number of aromatic nitrogens is 1. The highest BCUT2D eigenvalue weighted by Crippen LogP contribution is 2.35. The van der Waals surface area contributed by atoms with Gasteiger partial charge in [0.15, 0.2) is 6.61 Å². The highest BCUT2D eigenvalue weighted by molar-refractivity contribution is 6.42. The first-order valence-corrected chi connectivity index (χ1v) is 9.77. The van der Waals surface area contributed by atoms with Crippen molar-refractivity contribution in [2.75, 3.05) is 13.2 Å². The second-order valence-electron chi connectivity index (χ2n) is 6.77. The maximum atomic E-state index is 12.7. The summed E-state index contributed by atoms with van der Waals surface area (Å²) in [6, 6.07) is 12.5. The normalized spacial score (nSPS) is 16.5. The van der Waals surface area contributed by atoms with Crippen molar-refractivity contribution in [3.8, 4) is 0 Å². The van der Waals surface area contributed by atoms with Crippen LogP contribution in [0, 0.1) is 0 Å². The summed E-state index contributed by atoms with van der Waals surface area (Å²) >= 11 is 12.1. The Morgan fingerprint density at radius 2 is 1.96 bits per heavy atom. The van der Waals surface area contributed by atoms with Crippen molar-refractivity contribution in [3.05, 3.63) is 69.8 Å². The summed E-state index contributed by atoms with van der Waals surface area (Å²) in [6.07, 6.45) is 3.52. The van der Waals surface area contributed by atoms with E-state index >= 15 is 0 Å². The van der Waals surface area contributed by atoms with E-state index in [1.54, 1.807) is 35.4 Å².